The van der Waals surface area contributed by atoms with Crippen molar-refractivity contribution in [3.8, 4) is 0 Å². The van der Waals surface area contributed by atoms with Crippen LogP contribution in [0.4, 0.5) is 0 Å². The highest BCUT2D eigenvalue weighted by atomic mass is 32.2. The number of carbonyl (C=O) groups excluding carboxylic acids is 1. The number of aromatic nitrogens is 3. The topological polar surface area (TPSA) is 131 Å². The van der Waals surface area contributed by atoms with Crippen LogP contribution in [0.25, 0.3) is 0 Å². The predicted octanol–water partition coefficient (Wildman–Crippen LogP) is 1.60. The summed E-state index contributed by atoms with van der Waals surface area (Å²) < 4.78 is 22.6. The number of benzene rings is 2. The van der Waals surface area contributed by atoms with E-state index in [2.05, 4.69) is 20.7 Å². The number of sulfonamides is 1. The Hall–Kier alpha value is -2.69. The lowest BCUT2D eigenvalue weighted by Crippen LogP contribution is -2.27. The molecular weight excluding hydrogens is 386 g/mol. The Labute approximate surface area is 160 Å². The number of H-pyrrole nitrogens is 1. The number of aromatic amines is 1. The van der Waals surface area contributed by atoms with Crippen LogP contribution >= 0.6 is 11.8 Å². The molecule has 27 heavy (non-hydrogen) atoms. The zero-order chi connectivity index (χ0) is 19.3. The minimum absolute atomic E-state index is 0.0290. The summed E-state index contributed by atoms with van der Waals surface area (Å²) in [5.74, 6) is -0.190. The fraction of sp³-hybridized carbons (Fsp3) is 0.118. The molecule has 140 valence electrons. The number of nitrogens with one attached hydrogen (secondary N) is 2. The summed E-state index contributed by atoms with van der Waals surface area (Å²) in [4.78, 5) is 12.8. The first-order valence-electron chi connectivity index (χ1n) is 7.90. The summed E-state index contributed by atoms with van der Waals surface area (Å²) in [5, 5.41) is 18.3. The number of carbonyl (C=O) groups is 1. The number of hydrogen-bond acceptors (Lipinski definition) is 6. The lowest BCUT2D eigenvalue weighted by atomic mass is 10.1. The van der Waals surface area contributed by atoms with E-state index in [0.29, 0.717) is 5.03 Å². The first-order chi connectivity index (χ1) is 12.9. The number of amides is 1. The van der Waals surface area contributed by atoms with E-state index >= 15 is 0 Å². The van der Waals surface area contributed by atoms with Crippen molar-refractivity contribution in [2.24, 2.45) is 5.14 Å². The monoisotopic (exact) mass is 403 g/mol. The van der Waals surface area contributed by atoms with Crippen LogP contribution in [0, 0.1) is 0 Å². The molecule has 0 fully saturated rings. The standard InChI is InChI=1S/C17H17N5O3S2/c18-27(24,25)14-8-6-12(7-9-14)10-19-17(23)16(13-4-2-1-3-5-13)26-15-11-20-22-21-15/h1-9,11,16H,10H2,(H,19,23)(H2,18,24,25)(H,20,21,22)/t16-/m1/s1. The highest BCUT2D eigenvalue weighted by Crippen LogP contribution is 2.33. The summed E-state index contributed by atoms with van der Waals surface area (Å²) in [6.45, 7) is 0.256. The van der Waals surface area contributed by atoms with Gasteiger partial charge in [-0.1, -0.05) is 54.2 Å². The van der Waals surface area contributed by atoms with Crippen LogP contribution in [-0.4, -0.2) is 29.7 Å². The van der Waals surface area contributed by atoms with Crippen LogP contribution in [0.3, 0.4) is 0 Å². The maximum Gasteiger partial charge on any atom is 0.238 e. The van der Waals surface area contributed by atoms with Crippen molar-refractivity contribution in [1.29, 1.82) is 0 Å². The number of nitrogens with two attached hydrogens (primary N) is 1. The van der Waals surface area contributed by atoms with Crippen molar-refractivity contribution in [3.05, 3.63) is 71.9 Å². The predicted molar refractivity (Wildman–Crippen MR) is 101 cm³/mol. The van der Waals surface area contributed by atoms with Crippen molar-refractivity contribution in [1.82, 2.24) is 20.7 Å². The lowest BCUT2D eigenvalue weighted by molar-refractivity contribution is -0.120. The quantitative estimate of drug-likeness (QED) is 0.514. The Bertz CT molecular complexity index is 991. The van der Waals surface area contributed by atoms with Gasteiger partial charge in [0.25, 0.3) is 0 Å². The lowest BCUT2D eigenvalue weighted by Gasteiger charge is -2.16. The molecule has 2 aromatic carbocycles. The second-order valence-corrected chi connectivity index (χ2v) is 8.31. The number of nitrogens with zero attached hydrogens (tertiary/aromatic N) is 2. The number of thioether (sulfide) groups is 1. The average Bonchev–Trinajstić information content (AvgIpc) is 3.18. The Morgan fingerprint density at radius 1 is 1.15 bits per heavy atom. The van der Waals surface area contributed by atoms with Gasteiger partial charge in [-0.2, -0.15) is 10.3 Å². The normalized spacial score (nSPS) is 12.5. The third-order valence-electron chi connectivity index (χ3n) is 3.69. The van der Waals surface area contributed by atoms with Gasteiger partial charge in [-0.15, -0.1) is 5.10 Å². The first-order valence-corrected chi connectivity index (χ1v) is 10.3. The first kappa shape index (κ1) is 19.1. The molecule has 10 heteroatoms. The number of rotatable bonds is 7. The highest BCUT2D eigenvalue weighted by molar-refractivity contribution is 8.00. The van der Waals surface area contributed by atoms with E-state index in [4.69, 9.17) is 5.14 Å². The second-order valence-electron chi connectivity index (χ2n) is 5.62. The van der Waals surface area contributed by atoms with Crippen molar-refractivity contribution in [2.45, 2.75) is 21.7 Å². The van der Waals surface area contributed by atoms with Crippen molar-refractivity contribution < 1.29 is 13.2 Å². The Balaban J connectivity index is 1.71. The van der Waals surface area contributed by atoms with E-state index in [1.165, 1.54) is 23.9 Å². The van der Waals surface area contributed by atoms with E-state index in [0.717, 1.165) is 11.1 Å². The van der Waals surface area contributed by atoms with Gasteiger partial charge in [0, 0.05) is 6.54 Å². The summed E-state index contributed by atoms with van der Waals surface area (Å²) in [5.41, 5.74) is 1.60. The molecule has 0 aliphatic carbocycles. The summed E-state index contributed by atoms with van der Waals surface area (Å²) in [6, 6.07) is 15.4. The molecule has 3 rings (SSSR count). The molecule has 8 nitrogen and oxygen atoms in total. The Kier molecular flexibility index (Phi) is 5.89. The van der Waals surface area contributed by atoms with Crippen LogP contribution in [0.5, 0.6) is 0 Å². The fourth-order valence-electron chi connectivity index (χ4n) is 2.35. The molecule has 0 radical (unpaired) electrons. The Morgan fingerprint density at radius 3 is 2.44 bits per heavy atom. The van der Waals surface area contributed by atoms with Crippen LogP contribution in [0.2, 0.25) is 0 Å². The van der Waals surface area contributed by atoms with Gasteiger partial charge in [-0.25, -0.2) is 13.6 Å². The van der Waals surface area contributed by atoms with Crippen LogP contribution < -0.4 is 10.5 Å². The summed E-state index contributed by atoms with van der Waals surface area (Å²) in [7, 11) is -3.74. The fourth-order valence-corrected chi connectivity index (χ4v) is 3.80. The van der Waals surface area contributed by atoms with Gasteiger partial charge >= 0.3 is 0 Å². The van der Waals surface area contributed by atoms with Crippen molar-refractivity contribution in [2.75, 3.05) is 0 Å². The molecular formula is C17H17N5O3S2. The van der Waals surface area contributed by atoms with Gasteiger partial charge < -0.3 is 5.32 Å². The molecule has 1 atom stereocenters. The molecule has 0 aliphatic heterocycles. The van der Waals surface area contributed by atoms with E-state index in [1.54, 1.807) is 18.3 Å². The molecule has 0 aliphatic rings. The minimum Gasteiger partial charge on any atom is -0.351 e. The second kappa shape index (κ2) is 8.33. The molecule has 1 heterocycles. The third-order valence-corrected chi connectivity index (χ3v) is 5.78. The molecule has 0 saturated heterocycles. The largest absolute Gasteiger partial charge is 0.351 e. The minimum atomic E-state index is -3.74. The van der Waals surface area contributed by atoms with Crippen LogP contribution in [0.1, 0.15) is 16.4 Å². The molecule has 0 spiro atoms. The van der Waals surface area contributed by atoms with Gasteiger partial charge in [-0.05, 0) is 23.3 Å². The van der Waals surface area contributed by atoms with Gasteiger partial charge in [0.1, 0.15) is 10.3 Å². The zero-order valence-corrected chi connectivity index (χ0v) is 15.7. The maximum atomic E-state index is 12.8. The highest BCUT2D eigenvalue weighted by Gasteiger charge is 2.23. The van der Waals surface area contributed by atoms with Crippen molar-refractivity contribution >= 4 is 27.7 Å². The molecule has 0 bridgehead atoms. The van der Waals surface area contributed by atoms with Crippen LogP contribution in [0.15, 0.2) is 70.7 Å². The Morgan fingerprint density at radius 2 is 1.85 bits per heavy atom. The van der Waals surface area contributed by atoms with E-state index in [9.17, 15) is 13.2 Å². The molecule has 3 aromatic rings. The SMILES string of the molecule is NS(=O)(=O)c1ccc(CNC(=O)[C@H](Sc2cn[nH]n2)c2ccccc2)cc1. The average molecular weight is 403 g/mol. The number of hydrogen-bond donors (Lipinski definition) is 3. The van der Waals surface area contributed by atoms with Crippen LogP contribution in [-0.2, 0) is 21.4 Å². The van der Waals surface area contributed by atoms with E-state index in [-0.39, 0.29) is 17.3 Å². The summed E-state index contributed by atoms with van der Waals surface area (Å²) in [6.07, 6.45) is 1.56. The maximum absolute atomic E-state index is 12.8. The molecule has 1 aromatic heterocycles. The van der Waals surface area contributed by atoms with E-state index in [1.807, 2.05) is 30.3 Å². The van der Waals surface area contributed by atoms with Gasteiger partial charge in [0.2, 0.25) is 15.9 Å². The van der Waals surface area contributed by atoms with Gasteiger partial charge in [0.05, 0.1) is 11.1 Å². The smallest absolute Gasteiger partial charge is 0.238 e. The molecule has 1 amide bonds. The van der Waals surface area contributed by atoms with E-state index < -0.39 is 15.3 Å². The molecule has 0 unspecified atom stereocenters. The molecule has 4 N–H and O–H groups in total. The van der Waals surface area contributed by atoms with Crippen molar-refractivity contribution in [3.63, 3.8) is 0 Å². The van der Waals surface area contributed by atoms with Gasteiger partial charge in [-0.3, -0.25) is 4.79 Å². The number of primary sulfonamides is 1. The van der Waals surface area contributed by atoms with Gasteiger partial charge in [0.15, 0.2) is 0 Å². The summed E-state index contributed by atoms with van der Waals surface area (Å²) >= 11 is 1.28. The third kappa shape index (κ3) is 5.16. The zero-order valence-electron chi connectivity index (χ0n) is 14.1. The molecule has 0 saturated carbocycles.